The molecule has 0 saturated carbocycles. The Balaban J connectivity index is 1.82. The van der Waals surface area contributed by atoms with Crippen molar-refractivity contribution in [2.45, 2.75) is 51.9 Å². The van der Waals surface area contributed by atoms with Crippen molar-refractivity contribution in [3.05, 3.63) is 76.1 Å². The van der Waals surface area contributed by atoms with E-state index >= 15 is 0 Å². The topological polar surface area (TPSA) is 0 Å². The van der Waals surface area contributed by atoms with Crippen LogP contribution in [0.5, 0.6) is 0 Å². The Hall–Kier alpha value is -1.89. The third kappa shape index (κ3) is 3.55. The Bertz CT molecular complexity index is 712. The minimum Gasteiger partial charge on any atom is -0.207 e. The van der Waals surface area contributed by atoms with Gasteiger partial charge < -0.3 is 0 Å². The molecule has 1 atom stereocenters. The smallest absolute Gasteiger partial charge is 0.127 e. The molecule has 0 fully saturated rings. The first-order valence-electron chi connectivity index (χ1n) is 8.74. The largest absolute Gasteiger partial charge is 0.207 e. The molecular formula is C22H25F. The number of rotatable bonds is 4. The zero-order valence-electron chi connectivity index (χ0n) is 14.1. The molecule has 2 aromatic carbocycles. The van der Waals surface area contributed by atoms with Gasteiger partial charge in [-0.1, -0.05) is 55.8 Å². The quantitative estimate of drug-likeness (QED) is 0.641. The minimum absolute atomic E-state index is 0.0587. The molecule has 0 aliphatic heterocycles. The molecule has 0 aromatic heterocycles. The molecule has 0 saturated heterocycles. The molecular weight excluding hydrogens is 283 g/mol. The summed E-state index contributed by atoms with van der Waals surface area (Å²) in [4.78, 5) is 0. The average molecular weight is 308 g/mol. The van der Waals surface area contributed by atoms with E-state index in [1.54, 1.807) is 6.07 Å². The van der Waals surface area contributed by atoms with E-state index in [0.717, 1.165) is 36.8 Å². The summed E-state index contributed by atoms with van der Waals surface area (Å²) in [6.07, 6.45) is 9.29. The van der Waals surface area contributed by atoms with Crippen LogP contribution in [0, 0.1) is 5.82 Å². The summed E-state index contributed by atoms with van der Waals surface area (Å²) in [5, 5.41) is 0. The van der Waals surface area contributed by atoms with Gasteiger partial charge in [-0.15, -0.1) is 0 Å². The van der Waals surface area contributed by atoms with Gasteiger partial charge in [0.2, 0.25) is 0 Å². The maximum atomic E-state index is 14.5. The Kier molecular flexibility index (Phi) is 4.95. The first-order valence-corrected chi connectivity index (χ1v) is 8.74. The molecule has 1 aliphatic rings. The molecule has 23 heavy (non-hydrogen) atoms. The fourth-order valence-electron chi connectivity index (χ4n) is 3.69. The lowest BCUT2D eigenvalue weighted by Gasteiger charge is -2.26. The lowest BCUT2D eigenvalue weighted by molar-refractivity contribution is 0.533. The summed E-state index contributed by atoms with van der Waals surface area (Å²) in [6.45, 7) is 4.17. The summed E-state index contributed by atoms with van der Waals surface area (Å²) in [5.74, 6) is 0.246. The highest BCUT2D eigenvalue weighted by atomic mass is 19.1. The normalized spacial score (nSPS) is 17.4. The Morgan fingerprint density at radius 3 is 2.74 bits per heavy atom. The highest BCUT2D eigenvalue weighted by Crippen LogP contribution is 2.34. The van der Waals surface area contributed by atoms with Crippen LogP contribution in [0.25, 0.3) is 6.08 Å². The third-order valence-corrected chi connectivity index (χ3v) is 4.86. The molecule has 1 aliphatic carbocycles. The van der Waals surface area contributed by atoms with Crippen molar-refractivity contribution in [3.8, 4) is 0 Å². The summed E-state index contributed by atoms with van der Waals surface area (Å²) in [6, 6.07) is 12.5. The van der Waals surface area contributed by atoms with E-state index in [-0.39, 0.29) is 5.82 Å². The van der Waals surface area contributed by atoms with Gasteiger partial charge in [-0.25, -0.2) is 4.39 Å². The van der Waals surface area contributed by atoms with Crippen LogP contribution in [0.15, 0.2) is 42.5 Å². The number of fused-ring (bicyclic) bond motifs is 1. The Morgan fingerprint density at radius 1 is 1.13 bits per heavy atom. The molecule has 120 valence electrons. The van der Waals surface area contributed by atoms with Crippen molar-refractivity contribution in [3.63, 3.8) is 0 Å². The summed E-state index contributed by atoms with van der Waals surface area (Å²) in [5.41, 5.74) is 6.12. The van der Waals surface area contributed by atoms with Gasteiger partial charge in [-0.3, -0.25) is 0 Å². The van der Waals surface area contributed by atoms with Gasteiger partial charge in [0.1, 0.15) is 5.82 Å². The highest BCUT2D eigenvalue weighted by Gasteiger charge is 2.22. The first-order chi connectivity index (χ1) is 11.2. The van der Waals surface area contributed by atoms with Crippen molar-refractivity contribution in [1.29, 1.82) is 0 Å². The number of benzene rings is 2. The SMILES string of the molecule is C/C=C/c1ccc(C2CCc3cc(CCC)ccc3C2)c(F)c1. The van der Waals surface area contributed by atoms with E-state index in [2.05, 4.69) is 25.1 Å². The van der Waals surface area contributed by atoms with Crippen molar-refractivity contribution >= 4 is 6.08 Å². The first kappa shape index (κ1) is 16.0. The zero-order valence-corrected chi connectivity index (χ0v) is 14.1. The second-order valence-corrected chi connectivity index (χ2v) is 6.57. The van der Waals surface area contributed by atoms with Crippen LogP contribution in [-0.4, -0.2) is 0 Å². The van der Waals surface area contributed by atoms with E-state index in [1.807, 2.05) is 31.2 Å². The number of hydrogen-bond acceptors (Lipinski definition) is 0. The van der Waals surface area contributed by atoms with Crippen LogP contribution in [-0.2, 0) is 19.3 Å². The number of aryl methyl sites for hydroxylation is 2. The molecule has 0 spiro atoms. The Morgan fingerprint density at radius 2 is 2.00 bits per heavy atom. The highest BCUT2D eigenvalue weighted by molar-refractivity contribution is 5.50. The molecule has 1 heteroatoms. The Labute approximate surface area is 139 Å². The molecule has 3 rings (SSSR count). The van der Waals surface area contributed by atoms with Gasteiger partial charge in [0.15, 0.2) is 0 Å². The summed E-state index contributed by atoms with van der Waals surface area (Å²) < 4.78 is 14.5. The second kappa shape index (κ2) is 7.12. The van der Waals surface area contributed by atoms with Crippen LogP contribution >= 0.6 is 0 Å². The van der Waals surface area contributed by atoms with Gasteiger partial charge in [0.25, 0.3) is 0 Å². The maximum absolute atomic E-state index is 14.5. The fraction of sp³-hybridized carbons (Fsp3) is 0.364. The fourth-order valence-corrected chi connectivity index (χ4v) is 3.69. The van der Waals surface area contributed by atoms with Crippen molar-refractivity contribution in [1.82, 2.24) is 0 Å². The predicted octanol–water partition coefficient (Wildman–Crippen LogP) is 6.08. The van der Waals surface area contributed by atoms with Crippen molar-refractivity contribution in [2.75, 3.05) is 0 Å². The van der Waals surface area contributed by atoms with Gasteiger partial charge >= 0.3 is 0 Å². The number of allylic oxidation sites excluding steroid dienone is 1. The van der Waals surface area contributed by atoms with Crippen molar-refractivity contribution < 1.29 is 4.39 Å². The number of hydrogen-bond donors (Lipinski definition) is 0. The monoisotopic (exact) mass is 308 g/mol. The van der Waals surface area contributed by atoms with Gasteiger partial charge in [-0.05, 0) is 72.4 Å². The van der Waals surface area contributed by atoms with Crippen LogP contribution < -0.4 is 0 Å². The van der Waals surface area contributed by atoms with Gasteiger partial charge in [0, 0.05) is 0 Å². The molecule has 0 amide bonds. The molecule has 0 nitrogen and oxygen atoms in total. The zero-order chi connectivity index (χ0) is 16.2. The van der Waals surface area contributed by atoms with Crippen LogP contribution in [0.1, 0.15) is 60.4 Å². The predicted molar refractivity (Wildman–Crippen MR) is 96.3 cm³/mol. The molecule has 0 radical (unpaired) electrons. The van der Waals surface area contributed by atoms with E-state index in [0.29, 0.717) is 5.92 Å². The minimum atomic E-state index is -0.0587. The van der Waals surface area contributed by atoms with Gasteiger partial charge in [-0.2, -0.15) is 0 Å². The standard InChI is InChI=1S/C22H25F/c1-3-5-16-7-9-19-15-20(11-10-18(19)13-16)21-12-8-17(6-4-2)14-22(21)23/h4,6-9,12-14,20H,3,5,10-11,15H2,1-2H3/b6-4+. The summed E-state index contributed by atoms with van der Waals surface area (Å²) in [7, 11) is 0. The van der Waals surface area contributed by atoms with E-state index in [4.69, 9.17) is 0 Å². The second-order valence-electron chi connectivity index (χ2n) is 6.57. The number of halogens is 1. The third-order valence-electron chi connectivity index (χ3n) is 4.86. The average Bonchev–Trinajstić information content (AvgIpc) is 2.55. The van der Waals surface area contributed by atoms with Crippen LogP contribution in [0.4, 0.5) is 4.39 Å². The molecule has 2 aromatic rings. The molecule has 0 heterocycles. The van der Waals surface area contributed by atoms with E-state index in [9.17, 15) is 4.39 Å². The van der Waals surface area contributed by atoms with E-state index < -0.39 is 0 Å². The molecule has 1 unspecified atom stereocenters. The van der Waals surface area contributed by atoms with Crippen LogP contribution in [0.3, 0.4) is 0 Å². The molecule has 0 bridgehead atoms. The van der Waals surface area contributed by atoms with E-state index in [1.165, 1.54) is 23.1 Å². The summed E-state index contributed by atoms with van der Waals surface area (Å²) >= 11 is 0. The lowest BCUT2D eigenvalue weighted by Crippen LogP contribution is -2.14. The molecule has 0 N–H and O–H groups in total. The lowest BCUT2D eigenvalue weighted by atomic mass is 9.79. The van der Waals surface area contributed by atoms with Crippen molar-refractivity contribution in [2.24, 2.45) is 0 Å². The van der Waals surface area contributed by atoms with Crippen LogP contribution in [0.2, 0.25) is 0 Å². The van der Waals surface area contributed by atoms with Gasteiger partial charge in [0.05, 0.1) is 0 Å². The maximum Gasteiger partial charge on any atom is 0.127 e.